The molecule has 0 bridgehead atoms. The second-order valence-corrected chi connectivity index (χ2v) is 4.52. The van der Waals surface area contributed by atoms with Crippen molar-refractivity contribution in [2.45, 2.75) is 38.8 Å². The lowest BCUT2D eigenvalue weighted by Crippen LogP contribution is -2.39. The molecule has 3 nitrogen and oxygen atoms in total. The van der Waals surface area contributed by atoms with Gasteiger partial charge in [0.15, 0.2) is 4.67 Å². The SMILES string of the molecule is CCC(O)(CC)CNCc1ccc(Br)o1. The second kappa shape index (κ2) is 5.68. The topological polar surface area (TPSA) is 45.4 Å². The summed E-state index contributed by atoms with van der Waals surface area (Å²) >= 11 is 3.25. The molecule has 0 aliphatic rings. The minimum absolute atomic E-state index is 0.593. The first-order chi connectivity index (χ1) is 7.09. The van der Waals surface area contributed by atoms with Gasteiger partial charge in [-0.15, -0.1) is 0 Å². The molecule has 0 saturated heterocycles. The van der Waals surface area contributed by atoms with Crippen LogP contribution in [0.4, 0.5) is 0 Å². The Balaban J connectivity index is 2.32. The summed E-state index contributed by atoms with van der Waals surface area (Å²) < 4.78 is 6.07. The maximum absolute atomic E-state index is 10.0. The van der Waals surface area contributed by atoms with Crippen molar-refractivity contribution in [3.8, 4) is 0 Å². The van der Waals surface area contributed by atoms with Gasteiger partial charge in [-0.1, -0.05) is 13.8 Å². The quantitative estimate of drug-likeness (QED) is 0.839. The third kappa shape index (κ3) is 3.97. The number of hydrogen-bond acceptors (Lipinski definition) is 3. The van der Waals surface area contributed by atoms with Crippen molar-refractivity contribution in [1.29, 1.82) is 0 Å². The molecule has 0 saturated carbocycles. The molecule has 0 amide bonds. The van der Waals surface area contributed by atoms with Crippen LogP contribution in [0.2, 0.25) is 0 Å². The van der Waals surface area contributed by atoms with Gasteiger partial charge in [0, 0.05) is 6.54 Å². The van der Waals surface area contributed by atoms with Gasteiger partial charge in [-0.25, -0.2) is 0 Å². The summed E-state index contributed by atoms with van der Waals surface area (Å²) in [6.07, 6.45) is 1.52. The molecule has 0 fully saturated rings. The van der Waals surface area contributed by atoms with E-state index in [0.717, 1.165) is 23.3 Å². The molecule has 0 unspecified atom stereocenters. The molecule has 0 atom stereocenters. The Morgan fingerprint density at radius 2 is 2.07 bits per heavy atom. The number of aliphatic hydroxyl groups is 1. The molecule has 1 rings (SSSR count). The van der Waals surface area contributed by atoms with Crippen molar-refractivity contribution in [3.63, 3.8) is 0 Å². The van der Waals surface area contributed by atoms with E-state index in [-0.39, 0.29) is 0 Å². The average Bonchev–Trinajstić information content (AvgIpc) is 2.64. The highest BCUT2D eigenvalue weighted by molar-refractivity contribution is 9.10. The number of nitrogens with one attached hydrogen (secondary N) is 1. The highest BCUT2D eigenvalue weighted by atomic mass is 79.9. The Bertz CT molecular complexity index is 295. The molecule has 0 radical (unpaired) electrons. The van der Waals surface area contributed by atoms with E-state index in [1.165, 1.54) is 0 Å². The van der Waals surface area contributed by atoms with Gasteiger partial charge in [0.05, 0.1) is 12.1 Å². The normalized spacial score (nSPS) is 12.0. The molecule has 15 heavy (non-hydrogen) atoms. The first kappa shape index (κ1) is 12.7. The summed E-state index contributed by atoms with van der Waals surface area (Å²) in [6, 6.07) is 3.77. The van der Waals surface area contributed by atoms with E-state index in [0.29, 0.717) is 13.1 Å². The van der Waals surface area contributed by atoms with E-state index < -0.39 is 5.60 Å². The lowest BCUT2D eigenvalue weighted by atomic mass is 9.98. The number of rotatable bonds is 6. The van der Waals surface area contributed by atoms with E-state index in [2.05, 4.69) is 21.2 Å². The standard InChI is InChI=1S/C11H18BrNO2/c1-3-11(14,4-2)8-13-7-9-5-6-10(12)15-9/h5-6,13-14H,3-4,7-8H2,1-2H3. The van der Waals surface area contributed by atoms with Crippen LogP contribution in [0.5, 0.6) is 0 Å². The smallest absolute Gasteiger partial charge is 0.169 e. The van der Waals surface area contributed by atoms with Gasteiger partial charge in [-0.05, 0) is 40.9 Å². The fraction of sp³-hybridized carbons (Fsp3) is 0.636. The Morgan fingerprint density at radius 3 is 2.53 bits per heavy atom. The van der Waals surface area contributed by atoms with Gasteiger partial charge >= 0.3 is 0 Å². The van der Waals surface area contributed by atoms with Crippen LogP contribution < -0.4 is 5.32 Å². The third-order valence-electron chi connectivity index (χ3n) is 2.70. The fourth-order valence-electron chi connectivity index (χ4n) is 1.37. The first-order valence-corrected chi connectivity index (χ1v) is 6.06. The average molecular weight is 276 g/mol. The summed E-state index contributed by atoms with van der Waals surface area (Å²) in [5.41, 5.74) is -0.593. The van der Waals surface area contributed by atoms with Crippen molar-refractivity contribution < 1.29 is 9.52 Å². The Morgan fingerprint density at radius 1 is 1.40 bits per heavy atom. The van der Waals surface area contributed by atoms with Crippen molar-refractivity contribution in [3.05, 3.63) is 22.6 Å². The van der Waals surface area contributed by atoms with Crippen LogP contribution in [-0.2, 0) is 6.54 Å². The maximum Gasteiger partial charge on any atom is 0.169 e. The van der Waals surface area contributed by atoms with Crippen molar-refractivity contribution in [1.82, 2.24) is 5.32 Å². The summed E-state index contributed by atoms with van der Waals surface area (Å²) in [6.45, 7) is 5.23. The van der Waals surface area contributed by atoms with Crippen LogP contribution in [0.1, 0.15) is 32.4 Å². The monoisotopic (exact) mass is 275 g/mol. The van der Waals surface area contributed by atoms with Gasteiger partial charge in [0.25, 0.3) is 0 Å². The Kier molecular flexibility index (Phi) is 4.83. The zero-order valence-corrected chi connectivity index (χ0v) is 10.8. The van der Waals surface area contributed by atoms with E-state index in [1.807, 2.05) is 26.0 Å². The van der Waals surface area contributed by atoms with Gasteiger partial charge in [-0.3, -0.25) is 0 Å². The molecule has 86 valence electrons. The molecule has 0 aromatic carbocycles. The van der Waals surface area contributed by atoms with Crippen molar-refractivity contribution >= 4 is 15.9 Å². The Hall–Kier alpha value is -0.320. The van der Waals surface area contributed by atoms with E-state index in [1.54, 1.807) is 0 Å². The summed E-state index contributed by atoms with van der Waals surface area (Å²) in [5.74, 6) is 0.872. The van der Waals surface area contributed by atoms with Gasteiger partial charge < -0.3 is 14.8 Å². The van der Waals surface area contributed by atoms with Crippen LogP contribution in [0.25, 0.3) is 0 Å². The largest absolute Gasteiger partial charge is 0.453 e. The predicted octanol–water partition coefficient (Wildman–Crippen LogP) is 2.68. The highest BCUT2D eigenvalue weighted by Crippen LogP contribution is 2.15. The minimum atomic E-state index is -0.593. The summed E-state index contributed by atoms with van der Waals surface area (Å²) in [7, 11) is 0. The fourth-order valence-corrected chi connectivity index (χ4v) is 1.71. The molecule has 0 aliphatic carbocycles. The first-order valence-electron chi connectivity index (χ1n) is 5.27. The van der Waals surface area contributed by atoms with Crippen LogP contribution in [0, 0.1) is 0 Å². The number of hydrogen-bond donors (Lipinski definition) is 2. The van der Waals surface area contributed by atoms with Gasteiger partial charge in [0.1, 0.15) is 5.76 Å². The van der Waals surface area contributed by atoms with Crippen LogP contribution >= 0.6 is 15.9 Å². The summed E-state index contributed by atoms with van der Waals surface area (Å²) in [5, 5.41) is 13.2. The lowest BCUT2D eigenvalue weighted by molar-refractivity contribution is 0.0319. The zero-order chi connectivity index (χ0) is 11.3. The minimum Gasteiger partial charge on any atom is -0.453 e. The van der Waals surface area contributed by atoms with Gasteiger partial charge in [-0.2, -0.15) is 0 Å². The lowest BCUT2D eigenvalue weighted by Gasteiger charge is -2.25. The molecule has 1 heterocycles. The van der Waals surface area contributed by atoms with Crippen LogP contribution in [0.3, 0.4) is 0 Å². The zero-order valence-electron chi connectivity index (χ0n) is 9.22. The molecule has 2 N–H and O–H groups in total. The summed E-state index contributed by atoms with van der Waals surface area (Å²) in [4.78, 5) is 0. The van der Waals surface area contributed by atoms with Crippen LogP contribution in [0.15, 0.2) is 21.2 Å². The van der Waals surface area contributed by atoms with E-state index in [4.69, 9.17) is 4.42 Å². The van der Waals surface area contributed by atoms with Crippen LogP contribution in [-0.4, -0.2) is 17.3 Å². The van der Waals surface area contributed by atoms with E-state index in [9.17, 15) is 5.11 Å². The maximum atomic E-state index is 10.0. The molecule has 0 aliphatic heterocycles. The van der Waals surface area contributed by atoms with Gasteiger partial charge in [0.2, 0.25) is 0 Å². The molecule has 4 heteroatoms. The van der Waals surface area contributed by atoms with Crippen molar-refractivity contribution in [2.24, 2.45) is 0 Å². The highest BCUT2D eigenvalue weighted by Gasteiger charge is 2.21. The molecule has 1 aromatic rings. The van der Waals surface area contributed by atoms with Crippen molar-refractivity contribution in [2.75, 3.05) is 6.54 Å². The second-order valence-electron chi connectivity index (χ2n) is 3.74. The third-order valence-corrected chi connectivity index (χ3v) is 3.12. The molecule has 1 aromatic heterocycles. The molecular formula is C11H18BrNO2. The van der Waals surface area contributed by atoms with E-state index >= 15 is 0 Å². The predicted molar refractivity (Wildman–Crippen MR) is 63.6 cm³/mol. The number of furan rings is 1. The number of halogens is 1. The Labute approximate surface area is 99.0 Å². The molecule has 0 spiro atoms. The molecular weight excluding hydrogens is 258 g/mol.